The van der Waals surface area contributed by atoms with E-state index in [1.54, 1.807) is 0 Å². The van der Waals surface area contributed by atoms with E-state index < -0.39 is 97.5 Å². The lowest BCUT2D eigenvalue weighted by Gasteiger charge is -2.21. The van der Waals surface area contributed by atoms with Gasteiger partial charge in [0.15, 0.2) is 12.2 Å². The van der Waals surface area contributed by atoms with Gasteiger partial charge in [-0.25, -0.2) is 9.13 Å². The molecular formula is C85H166O17P2. The fourth-order valence-corrected chi connectivity index (χ4v) is 14.7. The fraction of sp³-hybridized carbons (Fsp3) is 0.953. The lowest BCUT2D eigenvalue weighted by Crippen LogP contribution is -2.30. The Morgan fingerprint density at radius 3 is 0.683 bits per heavy atom. The zero-order valence-electron chi connectivity index (χ0n) is 68.7. The van der Waals surface area contributed by atoms with E-state index >= 15 is 0 Å². The molecule has 0 aliphatic heterocycles. The Morgan fingerprint density at radius 2 is 0.462 bits per heavy atom. The van der Waals surface area contributed by atoms with Crippen molar-refractivity contribution in [2.75, 3.05) is 39.6 Å². The van der Waals surface area contributed by atoms with Gasteiger partial charge in [0.1, 0.15) is 19.3 Å². The molecule has 0 saturated heterocycles. The van der Waals surface area contributed by atoms with Gasteiger partial charge in [-0.3, -0.25) is 37.3 Å². The third-order valence-corrected chi connectivity index (χ3v) is 22.1. The van der Waals surface area contributed by atoms with Crippen LogP contribution in [-0.4, -0.2) is 96.7 Å². The molecule has 0 rings (SSSR count). The number of ether oxygens (including phenoxy) is 4. The van der Waals surface area contributed by atoms with E-state index in [1.807, 2.05) is 0 Å². The van der Waals surface area contributed by atoms with Gasteiger partial charge in [0.05, 0.1) is 26.4 Å². The molecule has 618 valence electrons. The lowest BCUT2D eigenvalue weighted by atomic mass is 10.00. The van der Waals surface area contributed by atoms with Crippen LogP contribution in [0.2, 0.25) is 0 Å². The number of phosphoric ester groups is 2. The molecule has 0 aromatic rings. The molecule has 0 radical (unpaired) electrons. The Morgan fingerprint density at radius 1 is 0.269 bits per heavy atom. The highest BCUT2D eigenvalue weighted by Crippen LogP contribution is 2.45. The summed E-state index contributed by atoms with van der Waals surface area (Å²) >= 11 is 0. The van der Waals surface area contributed by atoms with Gasteiger partial charge in [0, 0.05) is 25.7 Å². The number of hydrogen-bond acceptors (Lipinski definition) is 15. The van der Waals surface area contributed by atoms with Gasteiger partial charge in [-0.15, -0.1) is 0 Å². The highest BCUT2D eigenvalue weighted by molar-refractivity contribution is 7.47. The number of esters is 4. The molecule has 0 aliphatic rings. The van der Waals surface area contributed by atoms with E-state index in [1.165, 1.54) is 238 Å². The van der Waals surface area contributed by atoms with Crippen molar-refractivity contribution in [2.24, 2.45) is 23.7 Å². The average Bonchev–Trinajstić information content (AvgIpc) is 0.903. The Hall–Kier alpha value is -1.94. The molecule has 104 heavy (non-hydrogen) atoms. The number of carbonyl (C=O) groups excluding carboxylic acids is 4. The minimum atomic E-state index is -4.96. The van der Waals surface area contributed by atoms with Crippen molar-refractivity contribution in [3.05, 3.63) is 0 Å². The van der Waals surface area contributed by atoms with Crippen molar-refractivity contribution in [3.63, 3.8) is 0 Å². The molecule has 19 heteroatoms. The molecule has 0 heterocycles. The number of carbonyl (C=O) groups is 4. The zero-order valence-corrected chi connectivity index (χ0v) is 70.5. The molecule has 0 amide bonds. The van der Waals surface area contributed by atoms with Gasteiger partial charge in [-0.05, 0) is 49.4 Å². The topological polar surface area (TPSA) is 237 Å². The predicted octanol–water partition coefficient (Wildman–Crippen LogP) is 25.6. The smallest absolute Gasteiger partial charge is 0.462 e. The maximum absolute atomic E-state index is 13.1. The number of rotatable bonds is 82. The van der Waals surface area contributed by atoms with Crippen LogP contribution in [-0.2, 0) is 65.4 Å². The van der Waals surface area contributed by atoms with E-state index in [2.05, 4.69) is 55.4 Å². The van der Waals surface area contributed by atoms with Crippen LogP contribution in [0, 0.1) is 23.7 Å². The van der Waals surface area contributed by atoms with Crippen LogP contribution in [0.15, 0.2) is 0 Å². The van der Waals surface area contributed by atoms with Gasteiger partial charge < -0.3 is 33.8 Å². The molecule has 0 spiro atoms. The number of unbranched alkanes of at least 4 members (excludes halogenated alkanes) is 47. The summed E-state index contributed by atoms with van der Waals surface area (Å²) < 4.78 is 68.8. The van der Waals surface area contributed by atoms with Crippen LogP contribution in [0.4, 0.5) is 0 Å². The maximum Gasteiger partial charge on any atom is 0.472 e. The molecule has 17 nitrogen and oxygen atoms in total. The summed E-state index contributed by atoms with van der Waals surface area (Å²) in [5.74, 6) is 1.00. The highest BCUT2D eigenvalue weighted by Gasteiger charge is 2.30. The molecule has 0 fully saturated rings. The van der Waals surface area contributed by atoms with Crippen molar-refractivity contribution in [1.82, 2.24) is 0 Å². The molecule has 3 N–H and O–H groups in total. The van der Waals surface area contributed by atoms with Crippen LogP contribution in [0.5, 0.6) is 0 Å². The van der Waals surface area contributed by atoms with Gasteiger partial charge in [-0.2, -0.15) is 0 Å². The fourth-order valence-electron chi connectivity index (χ4n) is 13.1. The number of aliphatic hydroxyl groups excluding tert-OH is 1. The van der Waals surface area contributed by atoms with Crippen LogP contribution < -0.4 is 0 Å². The summed E-state index contributed by atoms with van der Waals surface area (Å²) in [7, 11) is -9.93. The van der Waals surface area contributed by atoms with Gasteiger partial charge in [-0.1, -0.05) is 389 Å². The van der Waals surface area contributed by atoms with E-state index in [4.69, 9.17) is 37.0 Å². The summed E-state index contributed by atoms with van der Waals surface area (Å²) in [4.78, 5) is 73.1. The number of aliphatic hydroxyl groups is 1. The van der Waals surface area contributed by atoms with Crippen LogP contribution in [0.3, 0.4) is 0 Å². The number of phosphoric acid groups is 2. The first-order valence-corrected chi connectivity index (χ1v) is 46.7. The van der Waals surface area contributed by atoms with E-state index in [9.17, 15) is 43.2 Å². The minimum Gasteiger partial charge on any atom is -0.462 e. The molecule has 0 bridgehead atoms. The Labute approximate surface area is 638 Å². The van der Waals surface area contributed by atoms with Gasteiger partial charge in [0.25, 0.3) is 0 Å². The van der Waals surface area contributed by atoms with Crippen molar-refractivity contribution in [3.8, 4) is 0 Å². The molecular weight excluding hydrogens is 1350 g/mol. The second-order valence-electron chi connectivity index (χ2n) is 32.2. The maximum atomic E-state index is 13.1. The standard InChI is InChI=1S/C85H166O17P2/c1-9-78(8)64-56-48-43-44-50-58-66-83(88)96-72-81(102-85(90)68-60-52-42-35-29-25-21-17-13-11-15-19-23-27-32-38-46-54-62-76(4)5)74-100-104(93,94)98-70-79(86)69-97-103(91,92)99-73-80(71-95-82(87)65-57-49-40-36-30-33-39-47-55-63-77(6)7)101-84(89)67-59-51-41-34-28-24-20-16-12-10-14-18-22-26-31-37-45-53-61-75(2)3/h75-81,86H,9-74H2,1-8H3,(H,91,92)(H,93,94)/t78?,79-,80-,81-/m1/s1. The second-order valence-corrected chi connectivity index (χ2v) is 35.2. The molecule has 0 aromatic heterocycles. The molecule has 6 atom stereocenters. The van der Waals surface area contributed by atoms with Crippen molar-refractivity contribution in [1.29, 1.82) is 0 Å². The predicted molar refractivity (Wildman–Crippen MR) is 428 cm³/mol. The summed E-state index contributed by atoms with van der Waals surface area (Å²) in [6, 6.07) is 0. The summed E-state index contributed by atoms with van der Waals surface area (Å²) in [6.45, 7) is 14.3. The second kappa shape index (κ2) is 73.8. The Bertz CT molecular complexity index is 2030. The largest absolute Gasteiger partial charge is 0.472 e. The van der Waals surface area contributed by atoms with Crippen molar-refractivity contribution < 1.29 is 80.2 Å². The third-order valence-electron chi connectivity index (χ3n) is 20.2. The summed E-state index contributed by atoms with van der Waals surface area (Å²) in [5, 5.41) is 10.7. The van der Waals surface area contributed by atoms with E-state index in [-0.39, 0.29) is 25.7 Å². The summed E-state index contributed by atoms with van der Waals surface area (Å²) in [6.07, 6.45) is 62.7. The molecule has 3 unspecified atom stereocenters. The van der Waals surface area contributed by atoms with Crippen molar-refractivity contribution in [2.45, 2.75) is 459 Å². The average molecular weight is 1520 g/mol. The van der Waals surface area contributed by atoms with Crippen molar-refractivity contribution >= 4 is 39.5 Å². The SMILES string of the molecule is CCC(C)CCCCCCCCC(=O)OC[C@H](COP(=O)(O)OC[C@H](O)COP(=O)(O)OC[C@@H](COC(=O)CCCCCCCCCCCC(C)C)OC(=O)CCCCCCCCCCCCCCCCCCCCC(C)C)OC(=O)CCCCCCCCCCCCCCCCCCCCC(C)C. The first-order chi connectivity index (χ1) is 50.1. The van der Waals surface area contributed by atoms with Crippen LogP contribution >= 0.6 is 15.6 Å². The molecule has 0 aliphatic carbocycles. The molecule has 0 saturated carbocycles. The van der Waals surface area contributed by atoms with Gasteiger partial charge in [0.2, 0.25) is 0 Å². The van der Waals surface area contributed by atoms with Gasteiger partial charge >= 0.3 is 39.5 Å². The highest BCUT2D eigenvalue weighted by atomic mass is 31.2. The number of hydrogen-bond donors (Lipinski definition) is 3. The Balaban J connectivity index is 5.18. The van der Waals surface area contributed by atoms with E-state index in [0.717, 1.165) is 120 Å². The lowest BCUT2D eigenvalue weighted by molar-refractivity contribution is -0.161. The first kappa shape index (κ1) is 102. The molecule has 0 aromatic carbocycles. The van der Waals surface area contributed by atoms with E-state index in [0.29, 0.717) is 25.7 Å². The zero-order chi connectivity index (χ0) is 76.7. The van der Waals surface area contributed by atoms with Crippen LogP contribution in [0.1, 0.15) is 441 Å². The summed E-state index contributed by atoms with van der Waals surface area (Å²) in [5.41, 5.74) is 0. The first-order valence-electron chi connectivity index (χ1n) is 43.7. The Kier molecular flexibility index (Phi) is 72.5. The minimum absolute atomic E-state index is 0.107. The normalized spacial score (nSPS) is 14.2. The quantitative estimate of drug-likeness (QED) is 0.0222. The third kappa shape index (κ3) is 76.8. The van der Waals surface area contributed by atoms with Crippen LogP contribution in [0.25, 0.3) is 0 Å². The monoisotopic (exact) mass is 1520 g/mol.